The number of nitrogens with one attached hydrogen (secondary N) is 2. The summed E-state index contributed by atoms with van der Waals surface area (Å²) in [4.78, 5) is 0.232. The summed E-state index contributed by atoms with van der Waals surface area (Å²) >= 11 is 0. The van der Waals surface area contributed by atoms with E-state index in [9.17, 15) is 8.42 Å². The monoisotopic (exact) mass is 314 g/mol. The van der Waals surface area contributed by atoms with Crippen LogP contribution in [0.4, 0.5) is 0 Å². The van der Waals surface area contributed by atoms with Crippen LogP contribution in [-0.4, -0.2) is 47.4 Å². The second-order valence-corrected chi connectivity index (χ2v) is 6.64. The van der Waals surface area contributed by atoms with E-state index in [0.717, 1.165) is 13.0 Å². The van der Waals surface area contributed by atoms with Crippen molar-refractivity contribution in [3.63, 3.8) is 0 Å². The van der Waals surface area contributed by atoms with Gasteiger partial charge in [-0.15, -0.1) is 0 Å². The average Bonchev–Trinajstić information content (AvgIpc) is 2.52. The molecule has 21 heavy (non-hydrogen) atoms. The molecule has 0 aliphatic carbocycles. The number of ether oxygens (including phenoxy) is 2. The summed E-state index contributed by atoms with van der Waals surface area (Å²) < 4.78 is 37.8. The van der Waals surface area contributed by atoms with Crippen molar-refractivity contribution in [3.05, 3.63) is 24.3 Å². The fourth-order valence-corrected chi connectivity index (χ4v) is 3.04. The lowest BCUT2D eigenvalue weighted by Crippen LogP contribution is -2.45. The third kappa shape index (κ3) is 4.96. The van der Waals surface area contributed by atoms with E-state index in [2.05, 4.69) is 10.0 Å². The van der Waals surface area contributed by atoms with Gasteiger partial charge < -0.3 is 14.8 Å². The van der Waals surface area contributed by atoms with Crippen LogP contribution in [0, 0.1) is 0 Å². The zero-order chi connectivity index (χ0) is 15.1. The molecule has 1 atom stereocenters. The quantitative estimate of drug-likeness (QED) is 0.776. The van der Waals surface area contributed by atoms with Crippen LogP contribution in [0.15, 0.2) is 29.2 Å². The van der Waals surface area contributed by atoms with Gasteiger partial charge in [-0.05, 0) is 30.7 Å². The van der Waals surface area contributed by atoms with Gasteiger partial charge in [-0.25, -0.2) is 13.1 Å². The average molecular weight is 314 g/mol. The second kappa shape index (κ2) is 7.74. The zero-order valence-corrected chi connectivity index (χ0v) is 13.0. The van der Waals surface area contributed by atoms with E-state index in [1.165, 1.54) is 0 Å². The largest absolute Gasteiger partial charge is 0.494 e. The molecule has 0 radical (unpaired) electrons. The summed E-state index contributed by atoms with van der Waals surface area (Å²) in [6.07, 6.45) is 0.789. The number of morpholine rings is 1. The first-order valence-electron chi connectivity index (χ1n) is 7.16. The highest BCUT2D eigenvalue weighted by Gasteiger charge is 2.19. The predicted molar refractivity (Wildman–Crippen MR) is 80.0 cm³/mol. The van der Waals surface area contributed by atoms with Crippen molar-refractivity contribution in [1.82, 2.24) is 10.0 Å². The molecule has 1 heterocycles. The van der Waals surface area contributed by atoms with Crippen molar-refractivity contribution in [1.29, 1.82) is 0 Å². The molecular formula is C14H22N2O4S. The number of benzene rings is 1. The van der Waals surface area contributed by atoms with Gasteiger partial charge in [0.25, 0.3) is 0 Å². The molecular weight excluding hydrogens is 292 g/mol. The van der Waals surface area contributed by atoms with Crippen molar-refractivity contribution in [2.75, 3.05) is 32.8 Å². The highest BCUT2D eigenvalue weighted by molar-refractivity contribution is 7.89. The van der Waals surface area contributed by atoms with E-state index in [0.29, 0.717) is 25.5 Å². The molecule has 6 nitrogen and oxygen atoms in total. The predicted octanol–water partition coefficient (Wildman–Crippen LogP) is 0.742. The number of sulfonamides is 1. The number of rotatable bonds is 7. The van der Waals surface area contributed by atoms with Crippen LogP contribution >= 0.6 is 0 Å². The highest BCUT2D eigenvalue weighted by Crippen LogP contribution is 2.16. The second-order valence-electron chi connectivity index (χ2n) is 4.87. The van der Waals surface area contributed by atoms with Crippen LogP contribution < -0.4 is 14.8 Å². The molecule has 0 bridgehead atoms. The van der Waals surface area contributed by atoms with E-state index in [-0.39, 0.29) is 17.5 Å². The van der Waals surface area contributed by atoms with Gasteiger partial charge in [0.15, 0.2) is 0 Å². The van der Waals surface area contributed by atoms with Crippen molar-refractivity contribution in [2.45, 2.75) is 24.3 Å². The zero-order valence-electron chi connectivity index (χ0n) is 12.2. The lowest BCUT2D eigenvalue weighted by Gasteiger charge is -2.23. The molecule has 118 valence electrons. The maximum Gasteiger partial charge on any atom is 0.240 e. The maximum atomic E-state index is 12.2. The fraction of sp³-hybridized carbons (Fsp3) is 0.571. The van der Waals surface area contributed by atoms with E-state index in [1.807, 2.05) is 6.92 Å². The molecule has 1 aromatic carbocycles. The van der Waals surface area contributed by atoms with Gasteiger partial charge in [0, 0.05) is 19.6 Å². The first-order valence-corrected chi connectivity index (χ1v) is 8.65. The van der Waals surface area contributed by atoms with Crippen molar-refractivity contribution >= 4 is 10.0 Å². The van der Waals surface area contributed by atoms with Gasteiger partial charge in [-0.3, -0.25) is 0 Å². The van der Waals surface area contributed by atoms with E-state index in [1.54, 1.807) is 24.3 Å². The number of hydrogen-bond donors (Lipinski definition) is 2. The Morgan fingerprint density at radius 2 is 2.14 bits per heavy atom. The maximum absolute atomic E-state index is 12.2. The third-order valence-electron chi connectivity index (χ3n) is 3.11. The van der Waals surface area contributed by atoms with E-state index >= 15 is 0 Å². The Balaban J connectivity index is 1.91. The van der Waals surface area contributed by atoms with Crippen molar-refractivity contribution in [3.8, 4) is 5.75 Å². The lowest BCUT2D eigenvalue weighted by atomic mass is 10.3. The summed E-state index contributed by atoms with van der Waals surface area (Å²) in [5.74, 6) is 0.676. The highest BCUT2D eigenvalue weighted by atomic mass is 32.2. The Kier molecular flexibility index (Phi) is 5.98. The van der Waals surface area contributed by atoms with Crippen LogP contribution in [0.3, 0.4) is 0 Å². The van der Waals surface area contributed by atoms with Gasteiger partial charge >= 0.3 is 0 Å². The molecule has 1 unspecified atom stereocenters. The topological polar surface area (TPSA) is 76.7 Å². The van der Waals surface area contributed by atoms with Crippen molar-refractivity contribution < 1.29 is 17.9 Å². The molecule has 2 N–H and O–H groups in total. The third-order valence-corrected chi connectivity index (χ3v) is 4.55. The number of hydrogen-bond acceptors (Lipinski definition) is 5. The molecule has 1 aliphatic heterocycles. The SMILES string of the molecule is CCCOc1ccc(S(=O)(=O)NCC2CNCCO2)cc1. The molecule has 1 aromatic rings. The fourth-order valence-electron chi connectivity index (χ4n) is 1.97. The van der Waals surface area contributed by atoms with Crippen molar-refractivity contribution in [2.24, 2.45) is 0 Å². The smallest absolute Gasteiger partial charge is 0.240 e. The summed E-state index contributed by atoms with van der Waals surface area (Å²) in [6, 6.07) is 6.44. The molecule has 0 spiro atoms. The van der Waals surface area contributed by atoms with Crippen LogP contribution in [0.2, 0.25) is 0 Å². The standard InChI is InChI=1S/C14H22N2O4S/c1-2-8-19-12-3-5-14(6-4-12)21(17,18)16-11-13-10-15-7-9-20-13/h3-6,13,15-16H,2,7-11H2,1H3. The molecule has 0 saturated carbocycles. The molecule has 1 fully saturated rings. The van der Waals surface area contributed by atoms with Gasteiger partial charge in [-0.1, -0.05) is 6.92 Å². The Morgan fingerprint density at radius 3 is 2.76 bits per heavy atom. The Hall–Kier alpha value is -1.15. The van der Waals surface area contributed by atoms with Gasteiger partial charge in [-0.2, -0.15) is 0 Å². The summed E-state index contributed by atoms with van der Waals surface area (Å²) in [5.41, 5.74) is 0. The first-order chi connectivity index (χ1) is 10.1. The molecule has 1 saturated heterocycles. The minimum absolute atomic E-state index is 0.124. The Morgan fingerprint density at radius 1 is 1.38 bits per heavy atom. The van der Waals surface area contributed by atoms with Gasteiger partial charge in [0.1, 0.15) is 5.75 Å². The minimum atomic E-state index is -3.51. The molecule has 0 aromatic heterocycles. The summed E-state index contributed by atoms with van der Waals surface area (Å²) in [5, 5.41) is 3.16. The molecule has 7 heteroatoms. The van der Waals surface area contributed by atoms with Crippen LogP contribution in [0.1, 0.15) is 13.3 Å². The molecule has 2 rings (SSSR count). The minimum Gasteiger partial charge on any atom is -0.494 e. The van der Waals surface area contributed by atoms with Crippen LogP contribution in [0.25, 0.3) is 0 Å². The Labute approximate surface area is 125 Å². The Bertz CT molecular complexity index is 524. The van der Waals surface area contributed by atoms with Crippen LogP contribution in [0.5, 0.6) is 5.75 Å². The lowest BCUT2D eigenvalue weighted by molar-refractivity contribution is 0.0324. The first kappa shape index (κ1) is 16.2. The van der Waals surface area contributed by atoms with E-state index in [4.69, 9.17) is 9.47 Å². The summed E-state index contributed by atoms with van der Waals surface area (Å²) in [7, 11) is -3.51. The normalized spacial score (nSPS) is 19.4. The molecule has 0 amide bonds. The van der Waals surface area contributed by atoms with E-state index < -0.39 is 10.0 Å². The van der Waals surface area contributed by atoms with Gasteiger partial charge in [0.05, 0.1) is 24.2 Å². The molecule has 1 aliphatic rings. The van der Waals surface area contributed by atoms with Crippen LogP contribution in [-0.2, 0) is 14.8 Å². The van der Waals surface area contributed by atoms with Gasteiger partial charge in [0.2, 0.25) is 10.0 Å². The summed E-state index contributed by atoms with van der Waals surface area (Å²) in [6.45, 7) is 4.98.